The molecule has 2 fully saturated rings. The van der Waals surface area contributed by atoms with E-state index in [4.69, 9.17) is 4.74 Å². The highest BCUT2D eigenvalue weighted by Crippen LogP contribution is 2.26. The maximum Gasteiger partial charge on any atom is 0.261 e. The van der Waals surface area contributed by atoms with E-state index in [0.29, 0.717) is 30.5 Å². The van der Waals surface area contributed by atoms with Gasteiger partial charge in [0.05, 0.1) is 17.5 Å². The summed E-state index contributed by atoms with van der Waals surface area (Å²) in [6, 6.07) is 4.05. The highest BCUT2D eigenvalue weighted by Gasteiger charge is 2.35. The fraction of sp³-hybridized carbons (Fsp3) is 0.667. The topological polar surface area (TPSA) is 58.6 Å². The lowest BCUT2D eigenvalue weighted by atomic mass is 10.1. The first-order valence-corrected chi connectivity index (χ1v) is 9.67. The number of likely N-dealkylation sites (tertiary alicyclic amines) is 1. The lowest BCUT2D eigenvalue weighted by Gasteiger charge is -2.27. The number of nitrogens with one attached hydrogen (secondary N) is 1. The van der Waals surface area contributed by atoms with Gasteiger partial charge in [-0.05, 0) is 25.0 Å². The van der Waals surface area contributed by atoms with Crippen LogP contribution in [0.4, 0.5) is 0 Å². The zero-order valence-electron chi connectivity index (χ0n) is 14.3. The summed E-state index contributed by atoms with van der Waals surface area (Å²) in [4.78, 5) is 28.5. The number of hydrogen-bond donors (Lipinski definition) is 1. The van der Waals surface area contributed by atoms with E-state index in [2.05, 4.69) is 5.32 Å². The number of carbonyl (C=O) groups excluding carboxylic acids is 2. The zero-order valence-corrected chi connectivity index (χ0v) is 15.1. The van der Waals surface area contributed by atoms with Crippen LogP contribution in [0.25, 0.3) is 0 Å². The minimum absolute atomic E-state index is 0.0683. The average Bonchev–Trinajstić information content (AvgIpc) is 3.06. The van der Waals surface area contributed by atoms with E-state index in [0.717, 1.165) is 17.7 Å². The Balaban J connectivity index is 1.55. The molecule has 0 aromatic carbocycles. The number of methoxy groups -OCH3 is 1. The molecule has 0 spiro atoms. The first-order valence-electron chi connectivity index (χ1n) is 8.85. The van der Waals surface area contributed by atoms with Gasteiger partial charge in [0.25, 0.3) is 5.91 Å². The number of rotatable bonds is 5. The Kier molecular flexibility index (Phi) is 5.89. The third kappa shape index (κ3) is 4.16. The second-order valence-corrected chi connectivity index (χ2v) is 7.93. The number of ether oxygens (including phenoxy) is 1. The molecular weight excluding hydrogens is 324 g/mol. The van der Waals surface area contributed by atoms with Crippen LogP contribution in [0, 0.1) is 0 Å². The summed E-state index contributed by atoms with van der Waals surface area (Å²) in [5, 5.41) is 3.03. The lowest BCUT2D eigenvalue weighted by molar-refractivity contribution is -0.129. The van der Waals surface area contributed by atoms with Gasteiger partial charge in [0.1, 0.15) is 0 Å². The van der Waals surface area contributed by atoms with Gasteiger partial charge in [-0.3, -0.25) is 9.59 Å². The van der Waals surface area contributed by atoms with Crippen LogP contribution < -0.4 is 5.32 Å². The van der Waals surface area contributed by atoms with Crippen molar-refractivity contribution in [1.29, 1.82) is 0 Å². The summed E-state index contributed by atoms with van der Waals surface area (Å²) in [5.41, 5.74) is 0. The number of nitrogens with zero attached hydrogens (tertiary/aromatic N) is 1. The number of thiophene rings is 1. The van der Waals surface area contributed by atoms with Gasteiger partial charge in [-0.2, -0.15) is 0 Å². The van der Waals surface area contributed by atoms with Crippen molar-refractivity contribution in [1.82, 2.24) is 10.2 Å². The summed E-state index contributed by atoms with van der Waals surface area (Å²) in [6.07, 6.45) is 7.63. The molecule has 1 atom stereocenters. The normalized spacial score (nSPS) is 22.6. The Morgan fingerprint density at radius 1 is 1.29 bits per heavy atom. The van der Waals surface area contributed by atoms with Gasteiger partial charge in [-0.1, -0.05) is 25.7 Å². The largest absolute Gasteiger partial charge is 0.379 e. The Hall–Kier alpha value is -1.40. The van der Waals surface area contributed by atoms with E-state index in [1.807, 2.05) is 17.0 Å². The van der Waals surface area contributed by atoms with E-state index >= 15 is 0 Å². The van der Waals surface area contributed by atoms with Crippen molar-refractivity contribution in [3.05, 3.63) is 21.9 Å². The van der Waals surface area contributed by atoms with E-state index < -0.39 is 0 Å². The van der Waals surface area contributed by atoms with Crippen molar-refractivity contribution in [2.45, 2.75) is 63.6 Å². The monoisotopic (exact) mass is 350 g/mol. The Morgan fingerprint density at radius 3 is 2.75 bits per heavy atom. The van der Waals surface area contributed by atoms with Crippen LogP contribution in [-0.4, -0.2) is 42.5 Å². The van der Waals surface area contributed by atoms with Gasteiger partial charge < -0.3 is 15.0 Å². The lowest BCUT2D eigenvalue weighted by Crippen LogP contribution is -2.40. The third-order valence-electron chi connectivity index (χ3n) is 4.93. The minimum Gasteiger partial charge on any atom is -0.379 e. The fourth-order valence-electron chi connectivity index (χ4n) is 3.73. The van der Waals surface area contributed by atoms with Gasteiger partial charge >= 0.3 is 0 Å². The predicted molar refractivity (Wildman–Crippen MR) is 94.1 cm³/mol. The third-order valence-corrected chi connectivity index (χ3v) is 5.99. The fourth-order valence-corrected chi connectivity index (χ4v) is 4.61. The molecule has 1 aromatic rings. The van der Waals surface area contributed by atoms with Crippen molar-refractivity contribution in [3.8, 4) is 0 Å². The summed E-state index contributed by atoms with van der Waals surface area (Å²) >= 11 is 1.45. The Morgan fingerprint density at radius 2 is 2.04 bits per heavy atom. The van der Waals surface area contributed by atoms with Crippen LogP contribution in [0.15, 0.2) is 12.1 Å². The molecule has 1 N–H and O–H groups in total. The molecule has 3 rings (SSSR count). The van der Waals surface area contributed by atoms with Crippen LogP contribution in [0.1, 0.15) is 59.5 Å². The number of carbonyl (C=O) groups is 2. The smallest absolute Gasteiger partial charge is 0.261 e. The van der Waals surface area contributed by atoms with Crippen molar-refractivity contribution in [2.24, 2.45) is 0 Å². The van der Waals surface area contributed by atoms with Gasteiger partial charge in [0.15, 0.2) is 0 Å². The second kappa shape index (κ2) is 8.12. The van der Waals surface area contributed by atoms with Gasteiger partial charge in [0.2, 0.25) is 5.91 Å². The summed E-state index contributed by atoms with van der Waals surface area (Å²) in [5.74, 6) is 0.112. The molecule has 1 saturated heterocycles. The van der Waals surface area contributed by atoms with Gasteiger partial charge in [-0.15, -0.1) is 11.3 Å². The van der Waals surface area contributed by atoms with Crippen LogP contribution in [0.5, 0.6) is 0 Å². The zero-order chi connectivity index (χ0) is 16.9. The SMILES string of the molecule is COCc1ccc(C(=O)NC2CC(=O)N(C3CCCCCC3)C2)s1. The summed E-state index contributed by atoms with van der Waals surface area (Å²) in [6.45, 7) is 1.18. The summed E-state index contributed by atoms with van der Waals surface area (Å²) in [7, 11) is 1.64. The minimum atomic E-state index is -0.0807. The van der Waals surface area contributed by atoms with Crippen molar-refractivity contribution in [3.63, 3.8) is 0 Å². The molecule has 2 heterocycles. The molecule has 2 aliphatic rings. The first kappa shape index (κ1) is 17.4. The van der Waals surface area contributed by atoms with Gasteiger partial charge in [-0.25, -0.2) is 0 Å². The molecule has 1 unspecified atom stereocenters. The van der Waals surface area contributed by atoms with Crippen molar-refractivity contribution >= 4 is 23.2 Å². The Bertz CT molecular complexity index is 579. The molecule has 6 heteroatoms. The molecule has 132 valence electrons. The molecule has 1 aromatic heterocycles. The van der Waals surface area contributed by atoms with Crippen molar-refractivity contribution < 1.29 is 14.3 Å². The molecule has 24 heavy (non-hydrogen) atoms. The molecule has 0 bridgehead atoms. The molecule has 2 amide bonds. The van der Waals surface area contributed by atoms with Crippen molar-refractivity contribution in [2.75, 3.05) is 13.7 Å². The maximum atomic E-state index is 12.4. The average molecular weight is 350 g/mol. The Labute approximate surface area is 147 Å². The van der Waals surface area contributed by atoms with Crippen LogP contribution in [-0.2, 0) is 16.1 Å². The highest BCUT2D eigenvalue weighted by atomic mass is 32.1. The van der Waals surface area contributed by atoms with Crippen LogP contribution >= 0.6 is 11.3 Å². The number of amides is 2. The van der Waals surface area contributed by atoms with E-state index in [9.17, 15) is 9.59 Å². The van der Waals surface area contributed by atoms with E-state index in [1.54, 1.807) is 7.11 Å². The van der Waals surface area contributed by atoms with E-state index in [-0.39, 0.29) is 17.9 Å². The number of hydrogen-bond acceptors (Lipinski definition) is 4. The van der Waals surface area contributed by atoms with E-state index in [1.165, 1.54) is 37.0 Å². The molecule has 0 radical (unpaired) electrons. The molecule has 1 saturated carbocycles. The predicted octanol–water partition coefficient (Wildman–Crippen LogP) is 2.95. The summed E-state index contributed by atoms with van der Waals surface area (Å²) < 4.78 is 5.09. The van der Waals surface area contributed by atoms with Crippen LogP contribution in [0.2, 0.25) is 0 Å². The molecule has 1 aliphatic heterocycles. The highest BCUT2D eigenvalue weighted by molar-refractivity contribution is 7.14. The molecule has 5 nitrogen and oxygen atoms in total. The molecular formula is C18H26N2O3S. The first-order chi connectivity index (χ1) is 11.7. The molecule has 1 aliphatic carbocycles. The second-order valence-electron chi connectivity index (χ2n) is 6.76. The van der Waals surface area contributed by atoms with Gasteiger partial charge in [0, 0.05) is 31.0 Å². The van der Waals surface area contributed by atoms with Crippen LogP contribution in [0.3, 0.4) is 0 Å². The maximum absolute atomic E-state index is 12.4. The standard InChI is InChI=1S/C18H26N2O3S/c1-23-12-15-8-9-16(24-15)18(22)19-13-10-17(21)20(11-13)14-6-4-2-3-5-7-14/h8-9,13-14H,2-7,10-12H2,1H3,(H,19,22). The quantitative estimate of drug-likeness (QED) is 0.831.